The first-order valence-corrected chi connectivity index (χ1v) is 11.8. The summed E-state index contributed by atoms with van der Waals surface area (Å²) in [6, 6.07) is 12.7. The lowest BCUT2D eigenvalue weighted by atomic mass is 10.2. The van der Waals surface area contributed by atoms with E-state index in [0.29, 0.717) is 13.0 Å². The number of hydrogen-bond acceptors (Lipinski definition) is 6. The number of thiophene rings is 1. The van der Waals surface area contributed by atoms with Crippen molar-refractivity contribution < 1.29 is 4.79 Å². The summed E-state index contributed by atoms with van der Waals surface area (Å²) < 4.78 is 0. The number of rotatable bonds is 8. The summed E-state index contributed by atoms with van der Waals surface area (Å²) in [5, 5.41) is 10.2. The second-order valence-corrected chi connectivity index (χ2v) is 8.92. The highest BCUT2D eigenvalue weighted by Crippen LogP contribution is 2.25. The molecule has 1 fully saturated rings. The standard InChI is InChI=1S/C22H26N4OS2/c27-21(14-20-17-29-22(24-20)19-6-13-28-16-19)23-7-8-25-9-11-26(12-10-25)15-18-4-2-1-3-5-18/h1-6,13,16-17H,7-12,14-15H2,(H,23,27). The van der Waals surface area contributed by atoms with Gasteiger partial charge in [0.1, 0.15) is 5.01 Å². The molecule has 0 atom stereocenters. The summed E-state index contributed by atoms with van der Waals surface area (Å²) in [5.41, 5.74) is 3.36. The maximum absolute atomic E-state index is 12.2. The SMILES string of the molecule is O=C(Cc1csc(-c2ccsc2)n1)NCCN1CCN(Cc2ccccc2)CC1. The maximum Gasteiger partial charge on any atom is 0.226 e. The molecule has 2 aromatic heterocycles. The number of thiazole rings is 1. The molecule has 4 rings (SSSR count). The van der Waals surface area contributed by atoms with Gasteiger partial charge in [-0.25, -0.2) is 4.98 Å². The molecule has 0 unspecified atom stereocenters. The average molecular weight is 427 g/mol. The summed E-state index contributed by atoms with van der Waals surface area (Å²) in [7, 11) is 0. The van der Waals surface area contributed by atoms with Gasteiger partial charge < -0.3 is 5.32 Å². The first-order valence-electron chi connectivity index (χ1n) is 9.98. The Bertz CT molecular complexity index is 887. The van der Waals surface area contributed by atoms with Gasteiger partial charge in [0.15, 0.2) is 0 Å². The van der Waals surface area contributed by atoms with Gasteiger partial charge in [-0.2, -0.15) is 11.3 Å². The normalized spacial score (nSPS) is 15.4. The molecule has 7 heteroatoms. The van der Waals surface area contributed by atoms with Crippen LogP contribution in [0.5, 0.6) is 0 Å². The quantitative estimate of drug-likeness (QED) is 0.600. The highest BCUT2D eigenvalue weighted by atomic mass is 32.1. The van der Waals surface area contributed by atoms with E-state index in [2.05, 4.69) is 61.9 Å². The predicted molar refractivity (Wildman–Crippen MR) is 120 cm³/mol. The Labute approximate surface area is 180 Å². The lowest BCUT2D eigenvalue weighted by molar-refractivity contribution is -0.120. The molecule has 0 bridgehead atoms. The van der Waals surface area contributed by atoms with Gasteiger partial charge in [0.25, 0.3) is 0 Å². The third-order valence-electron chi connectivity index (χ3n) is 5.13. The smallest absolute Gasteiger partial charge is 0.226 e. The number of nitrogens with one attached hydrogen (secondary N) is 1. The van der Waals surface area contributed by atoms with E-state index in [0.717, 1.165) is 55.5 Å². The Hall–Kier alpha value is -2.06. The molecule has 5 nitrogen and oxygen atoms in total. The zero-order valence-corrected chi connectivity index (χ0v) is 18.1. The van der Waals surface area contributed by atoms with Gasteiger partial charge in [-0.3, -0.25) is 14.6 Å². The molecule has 1 aliphatic rings. The molecule has 1 amide bonds. The van der Waals surface area contributed by atoms with Gasteiger partial charge in [0.2, 0.25) is 5.91 Å². The molecule has 152 valence electrons. The van der Waals surface area contributed by atoms with Crippen LogP contribution in [0, 0.1) is 0 Å². The van der Waals surface area contributed by atoms with E-state index >= 15 is 0 Å². The number of carbonyl (C=O) groups is 1. The van der Waals surface area contributed by atoms with E-state index in [1.165, 1.54) is 5.56 Å². The summed E-state index contributed by atoms with van der Waals surface area (Å²) in [4.78, 5) is 21.7. The number of benzene rings is 1. The largest absolute Gasteiger partial charge is 0.354 e. The lowest BCUT2D eigenvalue weighted by Gasteiger charge is -2.34. The van der Waals surface area contributed by atoms with Crippen LogP contribution in [-0.4, -0.2) is 60.0 Å². The van der Waals surface area contributed by atoms with Crippen LogP contribution in [0.4, 0.5) is 0 Å². The number of carbonyl (C=O) groups excluding carboxylic acids is 1. The summed E-state index contributed by atoms with van der Waals surface area (Å²) in [6.45, 7) is 6.88. The van der Waals surface area contributed by atoms with Crippen molar-refractivity contribution in [2.24, 2.45) is 0 Å². The van der Waals surface area contributed by atoms with Crippen molar-refractivity contribution >= 4 is 28.6 Å². The molecule has 0 aliphatic carbocycles. The van der Waals surface area contributed by atoms with Crippen LogP contribution in [-0.2, 0) is 17.8 Å². The van der Waals surface area contributed by atoms with Gasteiger partial charge in [0.05, 0.1) is 12.1 Å². The minimum Gasteiger partial charge on any atom is -0.354 e. The van der Waals surface area contributed by atoms with E-state index in [1.807, 2.05) is 10.8 Å². The topological polar surface area (TPSA) is 48.5 Å². The molecule has 3 aromatic rings. The number of hydrogen-bond donors (Lipinski definition) is 1. The van der Waals surface area contributed by atoms with E-state index in [4.69, 9.17) is 0 Å². The third kappa shape index (κ3) is 5.96. The van der Waals surface area contributed by atoms with Gasteiger partial charge in [-0.15, -0.1) is 11.3 Å². The fraction of sp³-hybridized carbons (Fsp3) is 0.364. The summed E-state index contributed by atoms with van der Waals surface area (Å²) in [6.07, 6.45) is 0.353. The van der Waals surface area contributed by atoms with Crippen molar-refractivity contribution in [2.75, 3.05) is 39.3 Å². The predicted octanol–water partition coefficient (Wildman–Crippen LogP) is 3.35. The number of piperazine rings is 1. The first kappa shape index (κ1) is 20.2. The number of amides is 1. The van der Waals surface area contributed by atoms with Crippen LogP contribution in [0.15, 0.2) is 52.5 Å². The summed E-state index contributed by atoms with van der Waals surface area (Å²) in [5.74, 6) is 0.0508. The monoisotopic (exact) mass is 426 g/mol. The fourth-order valence-electron chi connectivity index (χ4n) is 3.50. The van der Waals surface area contributed by atoms with Crippen molar-refractivity contribution in [2.45, 2.75) is 13.0 Å². The van der Waals surface area contributed by atoms with Crippen molar-refractivity contribution in [1.29, 1.82) is 0 Å². The Morgan fingerprint density at radius 3 is 2.59 bits per heavy atom. The summed E-state index contributed by atoms with van der Waals surface area (Å²) >= 11 is 3.26. The van der Waals surface area contributed by atoms with Crippen molar-refractivity contribution in [3.63, 3.8) is 0 Å². The lowest BCUT2D eigenvalue weighted by Crippen LogP contribution is -2.48. The van der Waals surface area contributed by atoms with Crippen molar-refractivity contribution in [3.8, 4) is 10.6 Å². The molecule has 0 radical (unpaired) electrons. The van der Waals surface area contributed by atoms with Gasteiger partial charge in [-0.1, -0.05) is 30.3 Å². The molecule has 1 aliphatic heterocycles. The minimum absolute atomic E-state index is 0.0508. The van der Waals surface area contributed by atoms with Gasteiger partial charge in [0, 0.05) is 62.1 Å². The Kier molecular flexibility index (Phi) is 7.05. The molecule has 1 saturated heterocycles. The second kappa shape index (κ2) is 10.1. The first-order chi connectivity index (χ1) is 14.3. The van der Waals surface area contributed by atoms with Crippen LogP contribution >= 0.6 is 22.7 Å². The van der Waals surface area contributed by atoms with Crippen LogP contribution < -0.4 is 5.32 Å². The van der Waals surface area contributed by atoms with Crippen LogP contribution in [0.25, 0.3) is 10.6 Å². The molecular formula is C22H26N4OS2. The maximum atomic E-state index is 12.2. The highest BCUT2D eigenvalue weighted by Gasteiger charge is 2.17. The molecule has 3 heterocycles. The van der Waals surface area contributed by atoms with Gasteiger partial charge in [-0.05, 0) is 17.0 Å². The van der Waals surface area contributed by atoms with E-state index < -0.39 is 0 Å². The molecule has 0 saturated carbocycles. The zero-order valence-electron chi connectivity index (χ0n) is 16.4. The minimum atomic E-state index is 0.0508. The van der Waals surface area contributed by atoms with Crippen LogP contribution in [0.1, 0.15) is 11.3 Å². The Balaban J connectivity index is 1.13. The Morgan fingerprint density at radius 2 is 1.83 bits per heavy atom. The second-order valence-electron chi connectivity index (χ2n) is 7.29. The molecule has 1 aromatic carbocycles. The van der Waals surface area contributed by atoms with E-state index in [9.17, 15) is 4.79 Å². The molecule has 29 heavy (non-hydrogen) atoms. The molecular weight excluding hydrogens is 400 g/mol. The van der Waals surface area contributed by atoms with Crippen LogP contribution in [0.3, 0.4) is 0 Å². The third-order valence-corrected chi connectivity index (χ3v) is 6.75. The van der Waals surface area contributed by atoms with E-state index in [1.54, 1.807) is 22.7 Å². The number of nitrogens with zero attached hydrogens (tertiary/aromatic N) is 3. The van der Waals surface area contributed by atoms with Crippen LogP contribution in [0.2, 0.25) is 0 Å². The molecule has 0 spiro atoms. The van der Waals surface area contributed by atoms with Crippen molar-refractivity contribution in [3.05, 3.63) is 63.8 Å². The van der Waals surface area contributed by atoms with Crippen molar-refractivity contribution in [1.82, 2.24) is 20.1 Å². The van der Waals surface area contributed by atoms with E-state index in [-0.39, 0.29) is 5.91 Å². The zero-order chi connectivity index (χ0) is 19.9. The van der Waals surface area contributed by atoms with Gasteiger partial charge >= 0.3 is 0 Å². The Morgan fingerprint density at radius 1 is 1.03 bits per heavy atom. The molecule has 1 N–H and O–H groups in total. The highest BCUT2D eigenvalue weighted by molar-refractivity contribution is 7.14. The fourth-order valence-corrected chi connectivity index (χ4v) is 5.03. The number of aromatic nitrogens is 1. The average Bonchev–Trinajstić information content (AvgIpc) is 3.42.